The average Bonchev–Trinajstić information content (AvgIpc) is 2.98. The van der Waals surface area contributed by atoms with Crippen LogP contribution in [0.3, 0.4) is 0 Å². The molecular formula is C16H14BrN5S. The summed E-state index contributed by atoms with van der Waals surface area (Å²) in [5.41, 5.74) is 1.89. The Morgan fingerprint density at radius 1 is 1.22 bits per heavy atom. The maximum atomic E-state index is 4.56. The summed E-state index contributed by atoms with van der Waals surface area (Å²) in [5.74, 6) is 1.58. The fraction of sp³-hybridized carbons (Fsp3) is 0.125. The van der Waals surface area contributed by atoms with Gasteiger partial charge in [-0.3, -0.25) is 4.98 Å². The minimum absolute atomic E-state index is 0.683. The summed E-state index contributed by atoms with van der Waals surface area (Å²) < 4.78 is 2.80. The van der Waals surface area contributed by atoms with Gasteiger partial charge < -0.3 is 0 Å². The van der Waals surface area contributed by atoms with E-state index in [2.05, 4.69) is 43.1 Å². The molecule has 116 valence electrons. The molecule has 1 aromatic carbocycles. The van der Waals surface area contributed by atoms with Crippen molar-refractivity contribution in [1.29, 1.82) is 0 Å². The predicted octanol–water partition coefficient (Wildman–Crippen LogP) is 4.10. The van der Waals surface area contributed by atoms with Crippen LogP contribution in [0.4, 0.5) is 0 Å². The first kappa shape index (κ1) is 15.9. The molecule has 0 aliphatic rings. The molecule has 3 aromatic rings. The highest BCUT2D eigenvalue weighted by Crippen LogP contribution is 2.23. The van der Waals surface area contributed by atoms with Gasteiger partial charge in [0.05, 0.1) is 6.21 Å². The Labute approximate surface area is 147 Å². The normalized spacial score (nSPS) is 11.2. The topological polar surface area (TPSA) is 56.0 Å². The summed E-state index contributed by atoms with van der Waals surface area (Å²) in [6, 6.07) is 11.8. The fourth-order valence-electron chi connectivity index (χ4n) is 1.94. The van der Waals surface area contributed by atoms with Crippen LogP contribution in [-0.2, 0) is 0 Å². The lowest BCUT2D eigenvalue weighted by atomic mass is 10.2. The molecule has 0 aliphatic heterocycles. The standard InChI is InChI=1S/C16H14BrN5S/c1-2-23-16-21-20-15(13-4-3-9-18-11-13)22(16)19-10-12-5-7-14(17)8-6-12/h3-11H,2H2,1H3. The second-order valence-corrected chi connectivity index (χ2v) is 6.74. The zero-order valence-corrected chi connectivity index (χ0v) is 14.8. The number of pyridine rings is 1. The van der Waals surface area contributed by atoms with E-state index in [0.717, 1.165) is 26.5 Å². The molecule has 0 fully saturated rings. The molecule has 0 saturated heterocycles. The van der Waals surface area contributed by atoms with Gasteiger partial charge in [-0.2, -0.15) is 9.78 Å². The highest BCUT2D eigenvalue weighted by molar-refractivity contribution is 9.10. The Hall–Kier alpha value is -1.99. The average molecular weight is 388 g/mol. The number of hydrogen-bond donors (Lipinski definition) is 0. The Balaban J connectivity index is 1.98. The van der Waals surface area contributed by atoms with Crippen LogP contribution in [0.2, 0.25) is 0 Å². The lowest BCUT2D eigenvalue weighted by molar-refractivity contribution is 0.773. The second kappa shape index (κ2) is 7.52. The number of nitrogens with zero attached hydrogens (tertiary/aromatic N) is 5. The molecule has 0 radical (unpaired) electrons. The highest BCUT2D eigenvalue weighted by atomic mass is 79.9. The molecule has 0 aliphatic carbocycles. The van der Waals surface area contributed by atoms with Crippen molar-refractivity contribution < 1.29 is 0 Å². The van der Waals surface area contributed by atoms with E-state index >= 15 is 0 Å². The number of aromatic nitrogens is 4. The molecule has 7 heteroatoms. The highest BCUT2D eigenvalue weighted by Gasteiger charge is 2.13. The van der Waals surface area contributed by atoms with Gasteiger partial charge in [-0.25, -0.2) is 0 Å². The molecular weight excluding hydrogens is 374 g/mol. The van der Waals surface area contributed by atoms with E-state index in [9.17, 15) is 0 Å². The van der Waals surface area contributed by atoms with E-state index in [-0.39, 0.29) is 0 Å². The Bertz CT molecular complexity index is 799. The van der Waals surface area contributed by atoms with Gasteiger partial charge in [0, 0.05) is 22.4 Å². The van der Waals surface area contributed by atoms with Gasteiger partial charge in [-0.15, -0.1) is 10.2 Å². The van der Waals surface area contributed by atoms with E-state index in [1.807, 2.05) is 36.4 Å². The van der Waals surface area contributed by atoms with E-state index < -0.39 is 0 Å². The minimum Gasteiger partial charge on any atom is -0.264 e. The Kier molecular flexibility index (Phi) is 5.19. The zero-order chi connectivity index (χ0) is 16.1. The maximum Gasteiger partial charge on any atom is 0.212 e. The van der Waals surface area contributed by atoms with Gasteiger partial charge in [0.25, 0.3) is 0 Å². The quantitative estimate of drug-likeness (QED) is 0.488. The van der Waals surface area contributed by atoms with E-state index in [0.29, 0.717) is 5.82 Å². The third-order valence-electron chi connectivity index (χ3n) is 3.00. The second-order valence-electron chi connectivity index (χ2n) is 4.59. The summed E-state index contributed by atoms with van der Waals surface area (Å²) in [6.07, 6.45) is 5.29. The largest absolute Gasteiger partial charge is 0.264 e. The molecule has 0 bridgehead atoms. The van der Waals surface area contributed by atoms with Gasteiger partial charge in [-0.1, -0.05) is 46.7 Å². The van der Waals surface area contributed by atoms with E-state index in [4.69, 9.17) is 0 Å². The van der Waals surface area contributed by atoms with Crippen molar-refractivity contribution in [1.82, 2.24) is 19.9 Å². The van der Waals surface area contributed by atoms with Crippen LogP contribution in [0.25, 0.3) is 11.4 Å². The van der Waals surface area contributed by atoms with Crippen molar-refractivity contribution >= 4 is 33.9 Å². The van der Waals surface area contributed by atoms with Gasteiger partial charge in [0.2, 0.25) is 5.16 Å². The van der Waals surface area contributed by atoms with E-state index in [1.165, 1.54) is 0 Å². The van der Waals surface area contributed by atoms with Crippen LogP contribution in [0.15, 0.2) is 63.5 Å². The van der Waals surface area contributed by atoms with Crippen molar-refractivity contribution in [3.05, 3.63) is 58.8 Å². The summed E-state index contributed by atoms with van der Waals surface area (Å²) in [7, 11) is 0. The predicted molar refractivity (Wildman–Crippen MR) is 96.8 cm³/mol. The first-order chi connectivity index (χ1) is 11.3. The van der Waals surface area contributed by atoms with Gasteiger partial charge >= 0.3 is 0 Å². The van der Waals surface area contributed by atoms with Crippen LogP contribution in [0.5, 0.6) is 0 Å². The Morgan fingerprint density at radius 3 is 2.74 bits per heavy atom. The number of thioether (sulfide) groups is 1. The fourth-order valence-corrected chi connectivity index (χ4v) is 2.81. The lowest BCUT2D eigenvalue weighted by Crippen LogP contribution is -1.97. The molecule has 0 N–H and O–H groups in total. The van der Waals surface area contributed by atoms with Crippen molar-refractivity contribution in [3.8, 4) is 11.4 Å². The lowest BCUT2D eigenvalue weighted by Gasteiger charge is -2.03. The molecule has 2 aromatic heterocycles. The molecule has 2 heterocycles. The summed E-state index contributed by atoms with van der Waals surface area (Å²) >= 11 is 5.03. The van der Waals surface area contributed by atoms with Crippen LogP contribution in [0, 0.1) is 0 Å². The van der Waals surface area contributed by atoms with Crippen molar-refractivity contribution in [3.63, 3.8) is 0 Å². The summed E-state index contributed by atoms with van der Waals surface area (Å²) in [5, 5.41) is 13.8. The third kappa shape index (κ3) is 3.86. The molecule has 3 rings (SSSR count). The maximum absolute atomic E-state index is 4.56. The van der Waals surface area contributed by atoms with Gasteiger partial charge in [0.15, 0.2) is 5.82 Å². The zero-order valence-electron chi connectivity index (χ0n) is 12.4. The molecule has 0 atom stereocenters. The van der Waals surface area contributed by atoms with Crippen LogP contribution in [-0.4, -0.2) is 31.8 Å². The van der Waals surface area contributed by atoms with Crippen molar-refractivity contribution in [2.45, 2.75) is 12.1 Å². The molecule has 0 spiro atoms. The van der Waals surface area contributed by atoms with Gasteiger partial charge in [0.1, 0.15) is 0 Å². The number of hydrogen-bond acceptors (Lipinski definition) is 5. The minimum atomic E-state index is 0.683. The smallest absolute Gasteiger partial charge is 0.212 e. The SMILES string of the molecule is CCSc1nnc(-c2cccnc2)n1N=Cc1ccc(Br)cc1. The van der Waals surface area contributed by atoms with Crippen LogP contribution < -0.4 is 0 Å². The number of benzene rings is 1. The molecule has 0 amide bonds. The third-order valence-corrected chi connectivity index (χ3v) is 4.33. The Morgan fingerprint density at radius 2 is 2.04 bits per heavy atom. The van der Waals surface area contributed by atoms with E-state index in [1.54, 1.807) is 35.0 Å². The van der Waals surface area contributed by atoms with Crippen LogP contribution in [0.1, 0.15) is 12.5 Å². The molecule has 0 saturated carbocycles. The number of halogens is 1. The molecule has 5 nitrogen and oxygen atoms in total. The van der Waals surface area contributed by atoms with Gasteiger partial charge in [-0.05, 0) is 35.6 Å². The summed E-state index contributed by atoms with van der Waals surface area (Å²) in [4.78, 5) is 4.14. The molecule has 23 heavy (non-hydrogen) atoms. The first-order valence-electron chi connectivity index (χ1n) is 7.06. The molecule has 0 unspecified atom stereocenters. The number of rotatable bonds is 5. The summed E-state index contributed by atoms with van der Waals surface area (Å²) in [6.45, 7) is 2.08. The van der Waals surface area contributed by atoms with Crippen molar-refractivity contribution in [2.75, 3.05) is 5.75 Å². The van der Waals surface area contributed by atoms with Crippen molar-refractivity contribution in [2.24, 2.45) is 5.10 Å². The monoisotopic (exact) mass is 387 g/mol. The first-order valence-corrected chi connectivity index (χ1v) is 8.84. The van der Waals surface area contributed by atoms with Crippen LogP contribution >= 0.6 is 27.7 Å².